The summed E-state index contributed by atoms with van der Waals surface area (Å²) in [5.74, 6) is 0.0496. The number of likely N-dealkylation sites (tertiary alicyclic amines) is 1. The molecular weight excluding hydrogens is 257 g/mol. The van der Waals surface area contributed by atoms with Gasteiger partial charge in [0.05, 0.1) is 0 Å². The van der Waals surface area contributed by atoms with Crippen LogP contribution in [0.3, 0.4) is 0 Å². The van der Waals surface area contributed by atoms with Gasteiger partial charge < -0.3 is 4.90 Å². The summed E-state index contributed by atoms with van der Waals surface area (Å²) in [5.41, 5.74) is 0.809. The lowest BCUT2D eigenvalue weighted by atomic mass is 10.2. The lowest BCUT2D eigenvalue weighted by Crippen LogP contribution is -2.25. The van der Waals surface area contributed by atoms with E-state index in [1.807, 2.05) is 4.90 Å². The second-order valence-corrected chi connectivity index (χ2v) is 4.88. The molecule has 1 heterocycles. The van der Waals surface area contributed by atoms with Gasteiger partial charge in [0.1, 0.15) is 0 Å². The largest absolute Gasteiger partial charge is 0.339 e. The Balaban J connectivity index is 2.06. The lowest BCUT2D eigenvalue weighted by Gasteiger charge is -2.11. The van der Waals surface area contributed by atoms with Crippen molar-refractivity contribution in [3.8, 4) is 0 Å². The average molecular weight is 270 g/mol. The molecule has 0 bridgehead atoms. The van der Waals surface area contributed by atoms with E-state index in [0.717, 1.165) is 31.5 Å². The SMILES string of the molecule is O=C(/C=C\c1ccc(Cl)cc1Cl)N1CCCC1. The van der Waals surface area contributed by atoms with Crippen LogP contribution in [0.5, 0.6) is 0 Å². The molecule has 90 valence electrons. The lowest BCUT2D eigenvalue weighted by molar-refractivity contribution is -0.124. The smallest absolute Gasteiger partial charge is 0.246 e. The summed E-state index contributed by atoms with van der Waals surface area (Å²) < 4.78 is 0. The van der Waals surface area contributed by atoms with Crippen LogP contribution in [0.4, 0.5) is 0 Å². The van der Waals surface area contributed by atoms with Crippen LogP contribution in [0.25, 0.3) is 6.08 Å². The first kappa shape index (κ1) is 12.5. The molecule has 0 aromatic heterocycles. The molecule has 0 radical (unpaired) electrons. The van der Waals surface area contributed by atoms with Crippen molar-refractivity contribution in [2.75, 3.05) is 13.1 Å². The highest BCUT2D eigenvalue weighted by atomic mass is 35.5. The number of hydrogen-bond donors (Lipinski definition) is 0. The van der Waals surface area contributed by atoms with Crippen LogP contribution in [-0.4, -0.2) is 23.9 Å². The quantitative estimate of drug-likeness (QED) is 0.751. The second kappa shape index (κ2) is 5.56. The van der Waals surface area contributed by atoms with Crippen LogP contribution in [0.2, 0.25) is 10.0 Å². The number of rotatable bonds is 2. The summed E-state index contributed by atoms with van der Waals surface area (Å²) in [6.45, 7) is 1.72. The molecule has 17 heavy (non-hydrogen) atoms. The topological polar surface area (TPSA) is 20.3 Å². The van der Waals surface area contributed by atoms with Crippen molar-refractivity contribution in [2.24, 2.45) is 0 Å². The van der Waals surface area contributed by atoms with E-state index >= 15 is 0 Å². The molecule has 2 nitrogen and oxygen atoms in total. The fourth-order valence-corrected chi connectivity index (χ4v) is 2.31. The molecule has 1 saturated heterocycles. The molecule has 4 heteroatoms. The molecule has 2 rings (SSSR count). The number of carbonyl (C=O) groups is 1. The minimum atomic E-state index is 0.0496. The number of carbonyl (C=O) groups excluding carboxylic acids is 1. The van der Waals surface area contributed by atoms with Gasteiger partial charge in [-0.25, -0.2) is 0 Å². The van der Waals surface area contributed by atoms with Gasteiger partial charge in [-0.05, 0) is 36.6 Å². The van der Waals surface area contributed by atoms with Crippen molar-refractivity contribution in [1.82, 2.24) is 4.90 Å². The van der Waals surface area contributed by atoms with Crippen molar-refractivity contribution in [1.29, 1.82) is 0 Å². The maximum absolute atomic E-state index is 11.8. The Labute approximate surface area is 111 Å². The first-order valence-corrected chi connectivity index (χ1v) is 6.34. The molecule has 1 aliphatic rings. The van der Waals surface area contributed by atoms with Crippen LogP contribution in [0.1, 0.15) is 18.4 Å². The third-order valence-corrected chi connectivity index (χ3v) is 3.35. The van der Waals surface area contributed by atoms with Crippen LogP contribution in [-0.2, 0) is 4.79 Å². The molecule has 0 aliphatic carbocycles. The van der Waals surface area contributed by atoms with Gasteiger partial charge in [0.25, 0.3) is 0 Å². The van der Waals surface area contributed by atoms with Gasteiger partial charge in [-0.3, -0.25) is 4.79 Å². The molecule has 1 fully saturated rings. The third kappa shape index (κ3) is 3.24. The number of benzene rings is 1. The highest BCUT2D eigenvalue weighted by Gasteiger charge is 2.15. The molecular formula is C13H13Cl2NO. The molecule has 0 unspecified atom stereocenters. The predicted octanol–water partition coefficient (Wildman–Crippen LogP) is 3.63. The minimum Gasteiger partial charge on any atom is -0.339 e. The van der Waals surface area contributed by atoms with E-state index in [1.165, 1.54) is 0 Å². The number of hydrogen-bond acceptors (Lipinski definition) is 1. The summed E-state index contributed by atoms with van der Waals surface area (Å²) in [5, 5.41) is 1.15. The normalized spacial score (nSPS) is 15.8. The fourth-order valence-electron chi connectivity index (χ4n) is 1.84. The molecule has 1 amide bonds. The molecule has 1 aromatic carbocycles. The molecule has 1 aliphatic heterocycles. The highest BCUT2D eigenvalue weighted by Crippen LogP contribution is 2.22. The fraction of sp³-hybridized carbons (Fsp3) is 0.308. The first-order chi connectivity index (χ1) is 8.16. The van der Waals surface area contributed by atoms with Crippen molar-refractivity contribution >= 4 is 35.2 Å². The summed E-state index contributed by atoms with van der Waals surface area (Å²) in [4.78, 5) is 13.6. The number of nitrogens with zero attached hydrogens (tertiary/aromatic N) is 1. The van der Waals surface area contributed by atoms with Gasteiger partial charge in [0.15, 0.2) is 0 Å². The van der Waals surface area contributed by atoms with E-state index in [2.05, 4.69) is 0 Å². The Morgan fingerprint density at radius 3 is 2.59 bits per heavy atom. The Morgan fingerprint density at radius 1 is 1.24 bits per heavy atom. The van der Waals surface area contributed by atoms with Crippen molar-refractivity contribution in [2.45, 2.75) is 12.8 Å². The van der Waals surface area contributed by atoms with Crippen LogP contribution in [0.15, 0.2) is 24.3 Å². The van der Waals surface area contributed by atoms with Crippen LogP contribution < -0.4 is 0 Å². The molecule has 0 spiro atoms. The van der Waals surface area contributed by atoms with E-state index in [4.69, 9.17) is 23.2 Å². The zero-order valence-corrected chi connectivity index (χ0v) is 10.8. The van der Waals surface area contributed by atoms with Crippen molar-refractivity contribution in [3.63, 3.8) is 0 Å². The van der Waals surface area contributed by atoms with E-state index in [0.29, 0.717) is 10.0 Å². The zero-order chi connectivity index (χ0) is 12.3. The number of amides is 1. The molecule has 0 N–H and O–H groups in total. The minimum absolute atomic E-state index is 0.0496. The van der Waals surface area contributed by atoms with Crippen molar-refractivity contribution < 1.29 is 4.79 Å². The van der Waals surface area contributed by atoms with Crippen LogP contribution in [0, 0.1) is 0 Å². The highest BCUT2D eigenvalue weighted by molar-refractivity contribution is 6.35. The van der Waals surface area contributed by atoms with Crippen molar-refractivity contribution in [3.05, 3.63) is 39.9 Å². The van der Waals surface area contributed by atoms with E-state index < -0.39 is 0 Å². The summed E-state index contributed by atoms with van der Waals surface area (Å²) >= 11 is 11.8. The summed E-state index contributed by atoms with van der Waals surface area (Å²) in [6.07, 6.45) is 5.50. The molecule has 0 atom stereocenters. The maximum Gasteiger partial charge on any atom is 0.246 e. The second-order valence-electron chi connectivity index (χ2n) is 4.03. The van der Waals surface area contributed by atoms with Gasteiger partial charge in [-0.15, -0.1) is 0 Å². The van der Waals surface area contributed by atoms with Gasteiger partial charge in [0.2, 0.25) is 5.91 Å². The Morgan fingerprint density at radius 2 is 1.94 bits per heavy atom. The third-order valence-electron chi connectivity index (χ3n) is 2.79. The monoisotopic (exact) mass is 269 g/mol. The van der Waals surface area contributed by atoms with Gasteiger partial charge >= 0.3 is 0 Å². The Bertz CT molecular complexity index is 451. The Hall–Kier alpha value is -0.990. The zero-order valence-electron chi connectivity index (χ0n) is 9.33. The predicted molar refractivity (Wildman–Crippen MR) is 71.3 cm³/mol. The van der Waals surface area contributed by atoms with Gasteiger partial charge in [-0.1, -0.05) is 29.3 Å². The summed E-state index contributed by atoms with van der Waals surface area (Å²) in [6, 6.07) is 5.23. The van der Waals surface area contributed by atoms with Gasteiger partial charge in [-0.2, -0.15) is 0 Å². The van der Waals surface area contributed by atoms with E-state index in [-0.39, 0.29) is 5.91 Å². The molecule has 1 aromatic rings. The number of halogens is 2. The first-order valence-electron chi connectivity index (χ1n) is 5.59. The van der Waals surface area contributed by atoms with Crippen LogP contribution >= 0.6 is 23.2 Å². The average Bonchev–Trinajstić information content (AvgIpc) is 2.81. The van der Waals surface area contributed by atoms with Gasteiger partial charge in [0, 0.05) is 29.2 Å². The van der Waals surface area contributed by atoms with E-state index in [1.54, 1.807) is 30.4 Å². The Kier molecular flexibility index (Phi) is 4.08. The maximum atomic E-state index is 11.8. The molecule has 0 saturated carbocycles. The standard InChI is InChI=1S/C13H13Cl2NO/c14-11-5-3-10(12(15)9-11)4-6-13(17)16-7-1-2-8-16/h3-6,9H,1-2,7-8H2/b6-4-. The summed E-state index contributed by atoms with van der Waals surface area (Å²) in [7, 11) is 0. The van der Waals surface area contributed by atoms with E-state index in [9.17, 15) is 4.79 Å².